The number of carbonyl (C=O) groups is 1. The number of thiazole rings is 1. The molecule has 5 nitrogen and oxygen atoms in total. The van der Waals surface area contributed by atoms with Gasteiger partial charge in [-0.2, -0.15) is 0 Å². The van der Waals surface area contributed by atoms with Gasteiger partial charge in [-0.05, 0) is 24.3 Å². The number of carboxylic acids is 1. The van der Waals surface area contributed by atoms with Gasteiger partial charge in [0.15, 0.2) is 0 Å². The molecule has 124 valence electrons. The maximum absolute atomic E-state index is 11.1. The van der Waals surface area contributed by atoms with Crippen molar-refractivity contribution in [3.8, 4) is 20.3 Å². The van der Waals surface area contributed by atoms with Crippen molar-refractivity contribution in [2.45, 2.75) is 6.42 Å². The van der Waals surface area contributed by atoms with Crippen molar-refractivity contribution >= 4 is 46.1 Å². The Bertz CT molecular complexity index is 872. The van der Waals surface area contributed by atoms with Gasteiger partial charge in [0.25, 0.3) is 0 Å². The summed E-state index contributed by atoms with van der Waals surface area (Å²) in [5, 5.41) is 9.90. The highest BCUT2D eigenvalue weighted by Crippen LogP contribution is 2.40. The van der Waals surface area contributed by atoms with Crippen LogP contribution in [0.5, 0.6) is 0 Å². The zero-order valence-electron chi connectivity index (χ0n) is 13.0. The van der Waals surface area contributed by atoms with Gasteiger partial charge in [-0.25, -0.2) is 9.97 Å². The molecule has 3 aromatic rings. The zero-order chi connectivity index (χ0) is 17.3. The maximum Gasteiger partial charge on any atom is 0.309 e. The van der Waals surface area contributed by atoms with Gasteiger partial charge < -0.3 is 10.0 Å². The number of nitrogens with zero attached hydrogens (tertiary/aromatic N) is 3. The molecule has 0 saturated carbocycles. The Kier molecular flexibility index (Phi) is 4.84. The number of pyridine rings is 1. The third-order valence-corrected chi connectivity index (χ3v) is 5.82. The largest absolute Gasteiger partial charge is 0.481 e. The van der Waals surface area contributed by atoms with E-state index in [0.29, 0.717) is 10.0 Å². The third-order valence-electron chi connectivity index (χ3n) is 3.27. The monoisotopic (exact) mass is 379 g/mol. The molecule has 24 heavy (non-hydrogen) atoms. The van der Waals surface area contributed by atoms with E-state index in [-0.39, 0.29) is 6.42 Å². The topological polar surface area (TPSA) is 66.3 Å². The molecular weight excluding hydrogens is 366 g/mol. The van der Waals surface area contributed by atoms with Crippen LogP contribution in [0.4, 0.5) is 5.82 Å². The number of hydrogen-bond donors (Lipinski definition) is 1. The van der Waals surface area contributed by atoms with E-state index in [1.165, 1.54) is 22.7 Å². The van der Waals surface area contributed by atoms with Crippen molar-refractivity contribution in [2.24, 2.45) is 0 Å². The third kappa shape index (κ3) is 3.58. The minimum absolute atomic E-state index is 0.120. The van der Waals surface area contributed by atoms with Crippen molar-refractivity contribution in [3.05, 3.63) is 40.5 Å². The molecule has 0 aliphatic heterocycles. The quantitative estimate of drug-likeness (QED) is 0.716. The smallest absolute Gasteiger partial charge is 0.309 e. The van der Waals surface area contributed by atoms with E-state index >= 15 is 0 Å². The van der Waals surface area contributed by atoms with E-state index in [1.54, 1.807) is 12.3 Å². The fraction of sp³-hybridized carbons (Fsp3) is 0.188. The zero-order valence-corrected chi connectivity index (χ0v) is 15.4. The molecule has 0 unspecified atom stereocenters. The molecule has 3 rings (SSSR count). The second kappa shape index (κ2) is 6.88. The lowest BCUT2D eigenvalue weighted by Crippen LogP contribution is -2.09. The molecule has 0 aromatic carbocycles. The van der Waals surface area contributed by atoms with Gasteiger partial charge in [-0.1, -0.05) is 11.6 Å². The summed E-state index contributed by atoms with van der Waals surface area (Å²) < 4.78 is 0.665. The molecular formula is C16H14ClN3O2S2. The number of aliphatic carboxylic acids is 1. The predicted octanol–water partition coefficient (Wildman–Crippen LogP) is 4.28. The average Bonchev–Trinajstić information content (AvgIpc) is 3.13. The molecule has 0 aliphatic carbocycles. The van der Waals surface area contributed by atoms with Crippen LogP contribution in [0.1, 0.15) is 5.69 Å². The Morgan fingerprint density at radius 2 is 2.04 bits per heavy atom. The van der Waals surface area contributed by atoms with Gasteiger partial charge in [0.05, 0.1) is 21.3 Å². The first-order valence-corrected chi connectivity index (χ1v) is 9.06. The highest BCUT2D eigenvalue weighted by molar-refractivity contribution is 7.25. The summed E-state index contributed by atoms with van der Waals surface area (Å²) in [5.41, 5.74) is 1.42. The Morgan fingerprint density at radius 3 is 2.58 bits per heavy atom. The first kappa shape index (κ1) is 16.9. The molecule has 0 aliphatic rings. The summed E-state index contributed by atoms with van der Waals surface area (Å²) in [4.78, 5) is 23.8. The van der Waals surface area contributed by atoms with Crippen molar-refractivity contribution in [1.82, 2.24) is 9.97 Å². The standard InChI is InChI=1S/C16H14ClN3O2S2/c1-20(2)13-6-3-9(8-18-13)16-19-10(7-14(21)22)15(24-16)11-4-5-12(17)23-11/h3-6,8H,7H2,1-2H3,(H,21,22). The Balaban J connectivity index is 2.02. The second-order valence-corrected chi connectivity index (χ2v) is 7.98. The molecule has 3 heterocycles. The second-order valence-electron chi connectivity index (χ2n) is 5.27. The molecule has 0 fully saturated rings. The fourth-order valence-electron chi connectivity index (χ4n) is 2.14. The number of hydrogen-bond acceptors (Lipinski definition) is 6. The lowest BCUT2D eigenvalue weighted by Gasteiger charge is -2.10. The first-order valence-electron chi connectivity index (χ1n) is 7.05. The van der Waals surface area contributed by atoms with Gasteiger partial charge in [0, 0.05) is 30.7 Å². The molecule has 1 N–H and O–H groups in total. The van der Waals surface area contributed by atoms with Crippen molar-refractivity contribution in [3.63, 3.8) is 0 Å². The van der Waals surface area contributed by atoms with Crippen LogP contribution in [0.25, 0.3) is 20.3 Å². The van der Waals surface area contributed by atoms with E-state index in [2.05, 4.69) is 9.97 Å². The number of thiophene rings is 1. The van der Waals surface area contributed by atoms with Crippen LogP contribution in [0, 0.1) is 0 Å². The molecule has 0 spiro atoms. The van der Waals surface area contributed by atoms with Crippen LogP contribution >= 0.6 is 34.3 Å². The number of aromatic nitrogens is 2. The lowest BCUT2D eigenvalue weighted by molar-refractivity contribution is -0.136. The van der Waals surface area contributed by atoms with E-state index < -0.39 is 5.97 Å². The normalized spacial score (nSPS) is 10.8. The molecule has 3 aromatic heterocycles. The highest BCUT2D eigenvalue weighted by Gasteiger charge is 2.18. The number of halogens is 1. The summed E-state index contributed by atoms with van der Waals surface area (Å²) in [7, 11) is 3.85. The van der Waals surface area contributed by atoms with E-state index in [9.17, 15) is 4.79 Å². The van der Waals surface area contributed by atoms with Crippen LogP contribution < -0.4 is 4.90 Å². The summed E-state index contributed by atoms with van der Waals surface area (Å²) in [5.74, 6) is -0.0526. The SMILES string of the molecule is CN(C)c1ccc(-c2nc(CC(=O)O)c(-c3ccc(Cl)s3)s2)cn1. The molecule has 0 radical (unpaired) electrons. The number of rotatable bonds is 5. The summed E-state index contributed by atoms with van der Waals surface area (Å²) in [6.45, 7) is 0. The number of anilines is 1. The van der Waals surface area contributed by atoms with Gasteiger partial charge in [-0.3, -0.25) is 4.79 Å². The van der Waals surface area contributed by atoms with E-state index in [1.807, 2.05) is 37.2 Å². The minimum atomic E-state index is -0.906. The van der Waals surface area contributed by atoms with Crippen LogP contribution in [0.2, 0.25) is 4.34 Å². The van der Waals surface area contributed by atoms with Gasteiger partial charge in [0.2, 0.25) is 0 Å². The molecule has 8 heteroatoms. The summed E-state index contributed by atoms with van der Waals surface area (Å²) in [6.07, 6.45) is 1.63. The van der Waals surface area contributed by atoms with Crippen LogP contribution in [-0.4, -0.2) is 35.1 Å². The Morgan fingerprint density at radius 1 is 1.25 bits per heavy atom. The maximum atomic E-state index is 11.1. The fourth-order valence-corrected chi connectivity index (χ4v) is 4.39. The van der Waals surface area contributed by atoms with Crippen molar-refractivity contribution in [1.29, 1.82) is 0 Å². The predicted molar refractivity (Wildman–Crippen MR) is 99.3 cm³/mol. The van der Waals surface area contributed by atoms with Crippen LogP contribution in [0.3, 0.4) is 0 Å². The first-order chi connectivity index (χ1) is 11.4. The van der Waals surface area contributed by atoms with E-state index in [0.717, 1.165) is 26.1 Å². The molecule has 0 atom stereocenters. The Labute approximate surface area is 152 Å². The van der Waals surface area contributed by atoms with Gasteiger partial charge in [0.1, 0.15) is 10.8 Å². The molecule has 0 saturated heterocycles. The van der Waals surface area contributed by atoms with Crippen molar-refractivity contribution < 1.29 is 9.90 Å². The number of carboxylic acid groups (broad SMARTS) is 1. The summed E-state index contributed by atoms with van der Waals surface area (Å²) >= 11 is 8.89. The van der Waals surface area contributed by atoms with Crippen LogP contribution in [0.15, 0.2) is 30.5 Å². The Hall–Kier alpha value is -1.96. The van der Waals surface area contributed by atoms with Gasteiger partial charge in [-0.15, -0.1) is 22.7 Å². The van der Waals surface area contributed by atoms with E-state index in [4.69, 9.17) is 16.7 Å². The minimum Gasteiger partial charge on any atom is -0.481 e. The van der Waals surface area contributed by atoms with Gasteiger partial charge >= 0.3 is 5.97 Å². The lowest BCUT2D eigenvalue weighted by atomic mass is 10.2. The molecule has 0 amide bonds. The summed E-state index contributed by atoms with van der Waals surface area (Å²) in [6, 6.07) is 7.55. The highest BCUT2D eigenvalue weighted by atomic mass is 35.5. The molecule has 0 bridgehead atoms. The van der Waals surface area contributed by atoms with Crippen molar-refractivity contribution in [2.75, 3.05) is 19.0 Å². The average molecular weight is 380 g/mol. The van der Waals surface area contributed by atoms with Crippen LogP contribution in [-0.2, 0) is 11.2 Å².